The molecule has 0 saturated heterocycles. The van der Waals surface area contributed by atoms with E-state index < -0.39 is 11.9 Å². The van der Waals surface area contributed by atoms with E-state index in [9.17, 15) is 10.1 Å². The monoisotopic (exact) mass is 606 g/mol. The van der Waals surface area contributed by atoms with Gasteiger partial charge in [-0.15, -0.1) is 0 Å². The molecule has 1 aliphatic rings. The number of benzene rings is 4. The van der Waals surface area contributed by atoms with Crippen molar-refractivity contribution < 1.29 is 23.7 Å². The highest BCUT2D eigenvalue weighted by Gasteiger charge is 2.31. The van der Waals surface area contributed by atoms with Gasteiger partial charge in [0.2, 0.25) is 5.88 Å². The van der Waals surface area contributed by atoms with Crippen molar-refractivity contribution in [3.63, 3.8) is 0 Å². The van der Waals surface area contributed by atoms with Crippen molar-refractivity contribution in [2.45, 2.75) is 12.5 Å². The van der Waals surface area contributed by atoms with Gasteiger partial charge in [0.05, 0.1) is 10.9 Å². The number of nitriles is 1. The van der Waals surface area contributed by atoms with E-state index >= 15 is 0 Å². The zero-order chi connectivity index (χ0) is 28.9. The molecule has 4 aromatic rings. The number of carbonyl (C=O) groups excluding carboxylic acids is 1. The number of fused-ring (bicyclic) bond motifs is 1. The van der Waals surface area contributed by atoms with Crippen LogP contribution in [0.3, 0.4) is 0 Å². The van der Waals surface area contributed by atoms with Crippen molar-refractivity contribution in [3.05, 3.63) is 128 Å². The van der Waals surface area contributed by atoms with Crippen molar-refractivity contribution in [2.24, 2.45) is 5.73 Å². The number of ether oxygens (including phenoxy) is 4. The zero-order valence-corrected chi connectivity index (χ0v) is 23.5. The molecule has 0 amide bonds. The maximum Gasteiger partial charge on any atom is 0.349 e. The standard InChI is InChI=1S/C31H21Cl3N2O5/c32-20-7-12-27(26(34)13-20)39-17-29(37)40-22-10-11-23-28(14-22)41-31(36)24(15-35)30(23)18-5-8-21(9-6-18)38-16-19-3-1-2-4-25(19)33/h1-14,30H,16-17,36H2. The van der Waals surface area contributed by atoms with Gasteiger partial charge in [-0.1, -0.05) is 71.2 Å². The topological polar surface area (TPSA) is 104 Å². The predicted molar refractivity (Wildman–Crippen MR) is 156 cm³/mol. The molecule has 1 aliphatic heterocycles. The highest BCUT2D eigenvalue weighted by atomic mass is 35.5. The maximum atomic E-state index is 12.4. The van der Waals surface area contributed by atoms with Crippen LogP contribution in [0.15, 0.2) is 96.4 Å². The van der Waals surface area contributed by atoms with Crippen LogP contribution in [0.4, 0.5) is 0 Å². The molecule has 1 atom stereocenters. The SMILES string of the molecule is N#CC1=C(N)Oc2cc(OC(=O)COc3ccc(Cl)cc3Cl)ccc2C1c1ccc(OCc2ccccc2Cl)cc1. The Kier molecular flexibility index (Phi) is 8.55. The van der Waals surface area contributed by atoms with Gasteiger partial charge < -0.3 is 24.7 Å². The first-order valence-corrected chi connectivity index (χ1v) is 13.4. The van der Waals surface area contributed by atoms with E-state index in [1.165, 1.54) is 12.1 Å². The van der Waals surface area contributed by atoms with Crippen molar-refractivity contribution in [1.82, 2.24) is 0 Å². The van der Waals surface area contributed by atoms with Crippen LogP contribution in [0.1, 0.15) is 22.6 Å². The van der Waals surface area contributed by atoms with Crippen LogP contribution < -0.4 is 24.7 Å². The molecule has 0 saturated carbocycles. The third kappa shape index (κ3) is 6.53. The molecular weight excluding hydrogens is 587 g/mol. The first-order valence-electron chi connectivity index (χ1n) is 12.3. The lowest BCUT2D eigenvalue weighted by Crippen LogP contribution is -2.21. The maximum absolute atomic E-state index is 12.4. The average molecular weight is 608 g/mol. The smallest absolute Gasteiger partial charge is 0.349 e. The summed E-state index contributed by atoms with van der Waals surface area (Å²) in [4.78, 5) is 12.4. The molecule has 206 valence electrons. The molecule has 41 heavy (non-hydrogen) atoms. The number of halogens is 3. The van der Waals surface area contributed by atoms with E-state index in [4.69, 9.17) is 59.5 Å². The molecule has 0 spiro atoms. The Bertz CT molecular complexity index is 1680. The normalized spacial score (nSPS) is 14.0. The fourth-order valence-corrected chi connectivity index (χ4v) is 4.92. The first kappa shape index (κ1) is 28.2. The van der Waals surface area contributed by atoms with Crippen LogP contribution in [0.25, 0.3) is 0 Å². The van der Waals surface area contributed by atoms with Gasteiger partial charge in [-0.05, 0) is 48.0 Å². The Morgan fingerprint density at radius 1 is 0.902 bits per heavy atom. The zero-order valence-electron chi connectivity index (χ0n) is 21.3. The van der Waals surface area contributed by atoms with Crippen molar-refractivity contribution in [2.75, 3.05) is 6.61 Å². The summed E-state index contributed by atoms with van der Waals surface area (Å²) in [5.74, 6) is 0.326. The van der Waals surface area contributed by atoms with Gasteiger partial charge in [-0.3, -0.25) is 0 Å². The molecule has 5 rings (SSSR count). The number of rotatable bonds is 8. The van der Waals surface area contributed by atoms with E-state index in [0.717, 1.165) is 11.1 Å². The Morgan fingerprint density at radius 3 is 2.39 bits per heavy atom. The molecule has 2 N–H and O–H groups in total. The molecular formula is C31H21Cl3N2O5. The van der Waals surface area contributed by atoms with Crippen molar-refractivity contribution >= 4 is 40.8 Å². The Labute approximate surface area is 251 Å². The number of allylic oxidation sites excluding steroid dienone is 1. The number of nitrogens with zero attached hydrogens (tertiary/aromatic N) is 1. The van der Waals surface area contributed by atoms with Crippen LogP contribution in [-0.4, -0.2) is 12.6 Å². The molecule has 0 aromatic heterocycles. The van der Waals surface area contributed by atoms with Gasteiger partial charge in [-0.2, -0.15) is 5.26 Å². The third-order valence-corrected chi connectivity index (χ3v) is 7.13. The van der Waals surface area contributed by atoms with Crippen LogP contribution >= 0.6 is 34.8 Å². The first-order chi connectivity index (χ1) is 19.8. The molecule has 10 heteroatoms. The van der Waals surface area contributed by atoms with Crippen LogP contribution in [0, 0.1) is 11.3 Å². The van der Waals surface area contributed by atoms with Crippen LogP contribution in [0.2, 0.25) is 15.1 Å². The van der Waals surface area contributed by atoms with E-state index in [1.807, 2.05) is 48.5 Å². The molecule has 4 aromatic carbocycles. The van der Waals surface area contributed by atoms with E-state index in [0.29, 0.717) is 39.5 Å². The van der Waals surface area contributed by atoms with Crippen molar-refractivity contribution in [1.29, 1.82) is 5.26 Å². The lowest BCUT2D eigenvalue weighted by Gasteiger charge is -2.26. The summed E-state index contributed by atoms with van der Waals surface area (Å²) in [5, 5.41) is 11.2. The minimum Gasteiger partial charge on any atom is -0.489 e. The third-order valence-electron chi connectivity index (χ3n) is 6.23. The van der Waals surface area contributed by atoms with E-state index in [1.54, 1.807) is 24.3 Å². The van der Waals surface area contributed by atoms with Gasteiger partial charge in [-0.25, -0.2) is 4.79 Å². The van der Waals surface area contributed by atoms with Gasteiger partial charge in [0.25, 0.3) is 0 Å². The second kappa shape index (κ2) is 12.4. The number of carbonyl (C=O) groups is 1. The molecule has 0 radical (unpaired) electrons. The summed E-state index contributed by atoms with van der Waals surface area (Å²) in [6.07, 6.45) is 0. The summed E-state index contributed by atoms with van der Waals surface area (Å²) >= 11 is 18.2. The van der Waals surface area contributed by atoms with Gasteiger partial charge in [0.15, 0.2) is 6.61 Å². The number of hydrogen-bond acceptors (Lipinski definition) is 7. The van der Waals surface area contributed by atoms with Gasteiger partial charge >= 0.3 is 5.97 Å². The quantitative estimate of drug-likeness (QED) is 0.164. The molecule has 0 fully saturated rings. The van der Waals surface area contributed by atoms with Gasteiger partial charge in [0.1, 0.15) is 41.2 Å². The second-order valence-corrected chi connectivity index (χ2v) is 10.2. The number of esters is 1. The molecule has 7 nitrogen and oxygen atoms in total. The lowest BCUT2D eigenvalue weighted by molar-refractivity contribution is -0.136. The minimum absolute atomic E-state index is 0.0340. The fourth-order valence-electron chi connectivity index (χ4n) is 4.27. The molecule has 1 unspecified atom stereocenters. The summed E-state index contributed by atoms with van der Waals surface area (Å²) in [6.45, 7) is -0.0673. The highest BCUT2D eigenvalue weighted by Crippen LogP contribution is 2.43. The highest BCUT2D eigenvalue weighted by molar-refractivity contribution is 6.35. The average Bonchev–Trinajstić information content (AvgIpc) is 2.96. The Hall–Kier alpha value is -4.35. The summed E-state index contributed by atoms with van der Waals surface area (Å²) in [7, 11) is 0. The predicted octanol–water partition coefficient (Wildman–Crippen LogP) is 7.43. The van der Waals surface area contributed by atoms with Gasteiger partial charge in [0, 0.05) is 27.2 Å². The lowest BCUT2D eigenvalue weighted by atomic mass is 9.83. The largest absolute Gasteiger partial charge is 0.489 e. The molecule has 1 heterocycles. The molecule has 0 bridgehead atoms. The minimum atomic E-state index is -0.656. The van der Waals surface area contributed by atoms with E-state index in [-0.39, 0.29) is 28.8 Å². The van der Waals surface area contributed by atoms with E-state index in [2.05, 4.69) is 6.07 Å². The Morgan fingerprint density at radius 2 is 1.66 bits per heavy atom. The summed E-state index contributed by atoms with van der Waals surface area (Å²) in [5.41, 5.74) is 8.75. The number of hydrogen-bond donors (Lipinski definition) is 1. The Balaban J connectivity index is 1.30. The van der Waals surface area contributed by atoms with Crippen molar-refractivity contribution in [3.8, 4) is 29.1 Å². The second-order valence-electron chi connectivity index (χ2n) is 8.91. The van der Waals surface area contributed by atoms with Crippen LogP contribution in [0.5, 0.6) is 23.0 Å². The fraction of sp³-hybridized carbons (Fsp3) is 0.0968. The summed E-state index contributed by atoms with van der Waals surface area (Å²) in [6, 6.07) is 26.5. The summed E-state index contributed by atoms with van der Waals surface area (Å²) < 4.78 is 22.5. The number of nitrogens with two attached hydrogens (primary N) is 1. The van der Waals surface area contributed by atoms with Crippen LogP contribution in [-0.2, 0) is 11.4 Å². The molecule has 0 aliphatic carbocycles.